The highest BCUT2D eigenvalue weighted by Crippen LogP contribution is 2.27. The van der Waals surface area contributed by atoms with E-state index in [1.165, 1.54) is 0 Å². The van der Waals surface area contributed by atoms with Crippen molar-refractivity contribution in [3.8, 4) is 6.07 Å². The van der Waals surface area contributed by atoms with E-state index >= 15 is 0 Å². The summed E-state index contributed by atoms with van der Waals surface area (Å²) in [5, 5.41) is 15.4. The highest BCUT2D eigenvalue weighted by Gasteiger charge is 2.33. The Labute approximate surface area is 154 Å². The van der Waals surface area contributed by atoms with Gasteiger partial charge in [-0.05, 0) is 31.4 Å². The molecule has 1 fully saturated rings. The van der Waals surface area contributed by atoms with Gasteiger partial charge in [0.2, 0.25) is 0 Å². The van der Waals surface area contributed by atoms with E-state index in [2.05, 4.69) is 23.6 Å². The van der Waals surface area contributed by atoms with Crippen molar-refractivity contribution < 1.29 is 14.3 Å². The van der Waals surface area contributed by atoms with Gasteiger partial charge >= 0.3 is 5.97 Å². The Morgan fingerprint density at radius 3 is 2.65 bits per heavy atom. The second-order valence-corrected chi connectivity index (χ2v) is 6.70. The summed E-state index contributed by atoms with van der Waals surface area (Å²) in [4.78, 5) is 24.5. The van der Waals surface area contributed by atoms with Crippen molar-refractivity contribution >= 4 is 17.6 Å². The lowest BCUT2D eigenvalue weighted by molar-refractivity contribution is -0.125. The highest BCUT2D eigenvalue weighted by atomic mass is 16.5. The van der Waals surface area contributed by atoms with Gasteiger partial charge in [-0.25, -0.2) is 4.79 Å². The van der Waals surface area contributed by atoms with Gasteiger partial charge in [0.05, 0.1) is 11.6 Å². The SMILES string of the molecule is CCCCNc1ccccc1C(=O)OCC(=O)NC1(C#N)CCCCC1. The number of nitrogens with one attached hydrogen (secondary N) is 2. The molecule has 0 bridgehead atoms. The van der Waals surface area contributed by atoms with Crippen LogP contribution in [0.25, 0.3) is 0 Å². The Kier molecular flexibility index (Phi) is 7.46. The number of hydrogen-bond acceptors (Lipinski definition) is 5. The first-order chi connectivity index (χ1) is 12.6. The molecule has 1 aromatic carbocycles. The number of amides is 1. The predicted octanol–water partition coefficient (Wildman–Crippen LogP) is 3.40. The van der Waals surface area contributed by atoms with Crippen molar-refractivity contribution in [3.63, 3.8) is 0 Å². The van der Waals surface area contributed by atoms with Crippen molar-refractivity contribution in [2.45, 2.75) is 57.4 Å². The first-order valence-corrected chi connectivity index (χ1v) is 9.32. The maximum atomic E-state index is 12.3. The topological polar surface area (TPSA) is 91.2 Å². The number of rotatable bonds is 8. The molecule has 1 aromatic rings. The van der Waals surface area contributed by atoms with Crippen molar-refractivity contribution in [2.75, 3.05) is 18.5 Å². The average molecular weight is 357 g/mol. The van der Waals surface area contributed by atoms with Crippen LogP contribution in [-0.2, 0) is 9.53 Å². The summed E-state index contributed by atoms with van der Waals surface area (Å²) < 4.78 is 5.17. The summed E-state index contributed by atoms with van der Waals surface area (Å²) in [6.07, 6.45) is 6.27. The van der Waals surface area contributed by atoms with E-state index in [0.29, 0.717) is 24.1 Å². The number of esters is 1. The second kappa shape index (κ2) is 9.81. The molecule has 0 aromatic heterocycles. The van der Waals surface area contributed by atoms with E-state index < -0.39 is 17.4 Å². The maximum Gasteiger partial charge on any atom is 0.340 e. The molecule has 0 heterocycles. The monoisotopic (exact) mass is 357 g/mol. The highest BCUT2D eigenvalue weighted by molar-refractivity contribution is 5.96. The van der Waals surface area contributed by atoms with Crippen molar-refractivity contribution in [1.82, 2.24) is 5.32 Å². The maximum absolute atomic E-state index is 12.3. The van der Waals surface area contributed by atoms with Gasteiger partial charge in [0.15, 0.2) is 6.61 Å². The molecule has 1 aliphatic carbocycles. The Hall–Kier alpha value is -2.55. The van der Waals surface area contributed by atoms with Crippen LogP contribution < -0.4 is 10.6 Å². The molecular weight excluding hydrogens is 330 g/mol. The van der Waals surface area contributed by atoms with Gasteiger partial charge in [-0.2, -0.15) is 5.26 Å². The lowest BCUT2D eigenvalue weighted by Gasteiger charge is -2.31. The van der Waals surface area contributed by atoms with Crippen molar-refractivity contribution in [3.05, 3.63) is 29.8 Å². The summed E-state index contributed by atoms with van der Waals surface area (Å²) >= 11 is 0. The van der Waals surface area contributed by atoms with Gasteiger partial charge in [0.25, 0.3) is 5.91 Å². The van der Waals surface area contributed by atoms with Crippen LogP contribution in [0.3, 0.4) is 0 Å². The minimum absolute atomic E-state index is 0.383. The largest absolute Gasteiger partial charge is 0.452 e. The molecule has 1 amide bonds. The molecule has 0 aliphatic heterocycles. The van der Waals surface area contributed by atoms with E-state index in [1.807, 2.05) is 12.1 Å². The molecular formula is C20H27N3O3. The van der Waals surface area contributed by atoms with Gasteiger partial charge in [0, 0.05) is 12.2 Å². The van der Waals surface area contributed by atoms with E-state index in [4.69, 9.17) is 4.74 Å². The normalized spacial score (nSPS) is 15.5. The molecule has 2 N–H and O–H groups in total. The third kappa shape index (κ3) is 5.48. The Bertz CT molecular complexity index is 661. The molecule has 0 saturated heterocycles. The standard InChI is InChI=1S/C20H27N3O3/c1-2-3-13-22-17-10-6-5-9-16(17)19(25)26-14-18(24)23-20(15-21)11-7-4-8-12-20/h5-6,9-10,22H,2-4,7-8,11-14H2,1H3,(H,23,24). The number of nitriles is 1. The van der Waals surface area contributed by atoms with Gasteiger partial charge in [-0.1, -0.05) is 44.7 Å². The first kappa shape index (κ1) is 19.8. The summed E-state index contributed by atoms with van der Waals surface area (Å²) in [6, 6.07) is 9.32. The van der Waals surface area contributed by atoms with Crippen LogP contribution in [0.15, 0.2) is 24.3 Å². The summed E-state index contributed by atoms with van der Waals surface area (Å²) in [5.74, 6) is -0.979. The number of nitrogens with zero attached hydrogens (tertiary/aromatic N) is 1. The Morgan fingerprint density at radius 1 is 1.23 bits per heavy atom. The molecule has 1 aliphatic rings. The molecule has 140 valence electrons. The zero-order valence-electron chi connectivity index (χ0n) is 15.3. The predicted molar refractivity (Wildman–Crippen MR) is 99.7 cm³/mol. The molecule has 2 rings (SSSR count). The van der Waals surface area contributed by atoms with Crippen LogP contribution in [0, 0.1) is 11.3 Å². The number of hydrogen-bond donors (Lipinski definition) is 2. The van der Waals surface area contributed by atoms with Gasteiger partial charge < -0.3 is 15.4 Å². The number of carbonyl (C=O) groups excluding carboxylic acids is 2. The molecule has 1 saturated carbocycles. The number of unbranched alkanes of at least 4 members (excludes halogenated alkanes) is 1. The van der Waals surface area contributed by atoms with Crippen LogP contribution in [0.4, 0.5) is 5.69 Å². The number of benzene rings is 1. The Balaban J connectivity index is 1.90. The van der Waals surface area contributed by atoms with Crippen LogP contribution in [0.5, 0.6) is 0 Å². The number of anilines is 1. The van der Waals surface area contributed by atoms with E-state index in [0.717, 1.165) is 38.6 Å². The molecule has 0 unspecified atom stereocenters. The number of carbonyl (C=O) groups is 2. The molecule has 6 heteroatoms. The second-order valence-electron chi connectivity index (χ2n) is 6.70. The fraction of sp³-hybridized carbons (Fsp3) is 0.550. The Morgan fingerprint density at radius 2 is 1.96 bits per heavy atom. The van der Waals surface area contributed by atoms with E-state index in [-0.39, 0.29) is 6.61 Å². The van der Waals surface area contributed by atoms with Crippen molar-refractivity contribution in [2.24, 2.45) is 0 Å². The smallest absolute Gasteiger partial charge is 0.340 e. The zero-order valence-corrected chi connectivity index (χ0v) is 15.3. The number of ether oxygens (including phenoxy) is 1. The third-order valence-electron chi connectivity index (χ3n) is 4.63. The molecule has 26 heavy (non-hydrogen) atoms. The van der Waals surface area contributed by atoms with Crippen LogP contribution in [0.1, 0.15) is 62.2 Å². The minimum Gasteiger partial charge on any atom is -0.452 e. The zero-order chi connectivity index (χ0) is 18.8. The third-order valence-corrected chi connectivity index (χ3v) is 4.63. The van der Waals surface area contributed by atoms with Gasteiger partial charge in [-0.15, -0.1) is 0 Å². The quantitative estimate of drug-likeness (QED) is 0.550. The summed E-state index contributed by atoms with van der Waals surface area (Å²) in [6.45, 7) is 2.48. The number of para-hydroxylation sites is 1. The molecule has 0 spiro atoms. The average Bonchev–Trinajstić information content (AvgIpc) is 2.67. The molecule has 0 atom stereocenters. The lowest BCUT2D eigenvalue weighted by Crippen LogP contribution is -2.50. The fourth-order valence-corrected chi connectivity index (χ4v) is 3.15. The van der Waals surface area contributed by atoms with E-state index in [1.54, 1.807) is 12.1 Å². The molecule has 0 radical (unpaired) electrons. The summed E-state index contributed by atoms with van der Waals surface area (Å²) in [7, 11) is 0. The van der Waals surface area contributed by atoms with Gasteiger partial charge in [0.1, 0.15) is 5.54 Å². The minimum atomic E-state index is -0.818. The lowest BCUT2D eigenvalue weighted by atomic mass is 9.83. The van der Waals surface area contributed by atoms with E-state index in [9.17, 15) is 14.9 Å². The van der Waals surface area contributed by atoms with Crippen molar-refractivity contribution in [1.29, 1.82) is 5.26 Å². The molecule has 6 nitrogen and oxygen atoms in total. The van der Waals surface area contributed by atoms with Crippen LogP contribution in [-0.4, -0.2) is 30.6 Å². The van der Waals surface area contributed by atoms with Crippen LogP contribution >= 0.6 is 0 Å². The summed E-state index contributed by atoms with van der Waals surface area (Å²) in [5.41, 5.74) is 0.289. The first-order valence-electron chi connectivity index (χ1n) is 9.32. The fourth-order valence-electron chi connectivity index (χ4n) is 3.15. The van der Waals surface area contributed by atoms with Gasteiger partial charge in [-0.3, -0.25) is 4.79 Å². The van der Waals surface area contributed by atoms with Crippen LogP contribution in [0.2, 0.25) is 0 Å².